The number of aliphatic carboxylic acids is 1. The van der Waals surface area contributed by atoms with E-state index in [9.17, 15) is 4.79 Å². The predicted molar refractivity (Wildman–Crippen MR) is 61.9 cm³/mol. The van der Waals surface area contributed by atoms with Gasteiger partial charge in [-0.3, -0.25) is 4.79 Å². The quantitative estimate of drug-likeness (QED) is 0.872. The summed E-state index contributed by atoms with van der Waals surface area (Å²) >= 11 is 1.36. The van der Waals surface area contributed by atoms with E-state index in [-0.39, 0.29) is 12.5 Å². The van der Waals surface area contributed by atoms with Crippen LogP contribution < -0.4 is 4.90 Å². The number of rotatable bonds is 3. The molecule has 1 atom stereocenters. The fourth-order valence-electron chi connectivity index (χ4n) is 2.07. The molecule has 0 aromatic carbocycles. The largest absolute Gasteiger partial charge is 0.481 e. The van der Waals surface area contributed by atoms with Crippen LogP contribution in [0.3, 0.4) is 0 Å². The summed E-state index contributed by atoms with van der Waals surface area (Å²) in [6, 6.07) is 0.0820. The van der Waals surface area contributed by atoms with Crippen molar-refractivity contribution in [2.45, 2.75) is 38.6 Å². The van der Waals surface area contributed by atoms with Crippen molar-refractivity contribution in [2.75, 3.05) is 11.4 Å². The summed E-state index contributed by atoms with van der Waals surface area (Å²) in [6.07, 6.45) is 3.34. The van der Waals surface area contributed by atoms with Crippen LogP contribution in [0.2, 0.25) is 0 Å². The molecule has 1 aromatic heterocycles. The van der Waals surface area contributed by atoms with Crippen molar-refractivity contribution < 1.29 is 9.90 Å². The van der Waals surface area contributed by atoms with E-state index in [0.717, 1.165) is 36.8 Å². The van der Waals surface area contributed by atoms with Crippen molar-refractivity contribution in [1.82, 2.24) is 9.36 Å². The van der Waals surface area contributed by atoms with Gasteiger partial charge < -0.3 is 10.0 Å². The third-order valence-electron chi connectivity index (χ3n) is 2.80. The second kappa shape index (κ2) is 4.78. The summed E-state index contributed by atoms with van der Waals surface area (Å²) in [4.78, 5) is 17.2. The maximum absolute atomic E-state index is 10.8. The Balaban J connectivity index is 2.12. The normalized spacial score (nSPS) is 21.1. The summed E-state index contributed by atoms with van der Waals surface area (Å²) in [7, 11) is 0. The van der Waals surface area contributed by atoms with E-state index < -0.39 is 5.97 Å². The summed E-state index contributed by atoms with van der Waals surface area (Å²) < 4.78 is 4.15. The van der Waals surface area contributed by atoms with E-state index in [1.807, 2.05) is 6.92 Å². The Labute approximate surface area is 98.3 Å². The van der Waals surface area contributed by atoms with Gasteiger partial charge in [0.1, 0.15) is 5.82 Å². The number of aromatic nitrogens is 2. The highest BCUT2D eigenvalue weighted by Crippen LogP contribution is 2.27. The van der Waals surface area contributed by atoms with Crippen LogP contribution in [0.15, 0.2) is 0 Å². The Bertz CT molecular complexity index is 380. The smallest absolute Gasteiger partial charge is 0.305 e. The number of carboxylic acid groups (broad SMARTS) is 1. The highest BCUT2D eigenvalue weighted by Gasteiger charge is 2.26. The van der Waals surface area contributed by atoms with Crippen LogP contribution in [0.5, 0.6) is 0 Å². The molecule has 1 aliphatic rings. The van der Waals surface area contributed by atoms with E-state index in [4.69, 9.17) is 5.11 Å². The standard InChI is InChI=1S/C10H15N3O2S/c1-7-11-10(16-12-7)13-5-3-2-4-8(13)6-9(14)15/h8H,2-6H2,1H3,(H,14,15). The fourth-order valence-corrected chi connectivity index (χ4v) is 2.84. The lowest BCUT2D eigenvalue weighted by atomic mass is 10.0. The zero-order valence-electron chi connectivity index (χ0n) is 9.22. The molecule has 1 N–H and O–H groups in total. The average molecular weight is 241 g/mol. The van der Waals surface area contributed by atoms with Gasteiger partial charge in [0.25, 0.3) is 0 Å². The summed E-state index contributed by atoms with van der Waals surface area (Å²) in [5.41, 5.74) is 0. The Kier molecular flexibility index (Phi) is 3.38. The Morgan fingerprint density at radius 1 is 1.62 bits per heavy atom. The predicted octanol–water partition coefficient (Wildman–Crippen LogP) is 1.68. The number of carboxylic acids is 1. The molecule has 5 nitrogen and oxygen atoms in total. The minimum atomic E-state index is -0.738. The van der Waals surface area contributed by atoms with E-state index >= 15 is 0 Å². The van der Waals surface area contributed by atoms with Gasteiger partial charge in [0.15, 0.2) is 0 Å². The first-order chi connectivity index (χ1) is 7.66. The lowest BCUT2D eigenvalue weighted by molar-refractivity contribution is -0.137. The van der Waals surface area contributed by atoms with Crippen molar-refractivity contribution in [3.8, 4) is 0 Å². The maximum Gasteiger partial charge on any atom is 0.305 e. The first-order valence-corrected chi connectivity index (χ1v) is 6.23. The zero-order chi connectivity index (χ0) is 11.5. The number of piperidine rings is 1. The van der Waals surface area contributed by atoms with Gasteiger partial charge in [-0.15, -0.1) is 0 Å². The molecular weight excluding hydrogens is 226 g/mol. The highest BCUT2D eigenvalue weighted by atomic mass is 32.1. The molecule has 0 bridgehead atoms. The summed E-state index contributed by atoms with van der Waals surface area (Å²) in [5, 5.41) is 9.74. The SMILES string of the molecule is Cc1nsc(N2CCCCC2CC(=O)O)n1. The van der Waals surface area contributed by atoms with Gasteiger partial charge in [0.05, 0.1) is 6.42 Å². The first kappa shape index (κ1) is 11.3. The van der Waals surface area contributed by atoms with Gasteiger partial charge >= 0.3 is 5.97 Å². The van der Waals surface area contributed by atoms with Crippen LogP contribution in [0.1, 0.15) is 31.5 Å². The lowest BCUT2D eigenvalue weighted by Gasteiger charge is -2.34. The van der Waals surface area contributed by atoms with Crippen LogP contribution in [0, 0.1) is 6.92 Å². The number of nitrogens with zero attached hydrogens (tertiary/aromatic N) is 3. The average Bonchev–Trinajstić information content (AvgIpc) is 2.65. The molecule has 6 heteroatoms. The molecule has 1 unspecified atom stereocenters. The van der Waals surface area contributed by atoms with Crippen LogP contribution in [-0.2, 0) is 4.79 Å². The van der Waals surface area contributed by atoms with Gasteiger partial charge in [0.2, 0.25) is 5.13 Å². The van der Waals surface area contributed by atoms with Crippen LogP contribution in [0.4, 0.5) is 5.13 Å². The second-order valence-electron chi connectivity index (χ2n) is 4.07. The van der Waals surface area contributed by atoms with Gasteiger partial charge in [-0.2, -0.15) is 4.37 Å². The van der Waals surface area contributed by atoms with E-state index in [0.29, 0.717) is 0 Å². The highest BCUT2D eigenvalue weighted by molar-refractivity contribution is 7.09. The lowest BCUT2D eigenvalue weighted by Crippen LogP contribution is -2.40. The molecule has 0 radical (unpaired) electrons. The van der Waals surface area contributed by atoms with E-state index in [1.54, 1.807) is 0 Å². The third kappa shape index (κ3) is 2.49. The Morgan fingerprint density at radius 2 is 2.44 bits per heavy atom. The third-order valence-corrected chi connectivity index (χ3v) is 3.64. The Morgan fingerprint density at radius 3 is 3.06 bits per heavy atom. The fraction of sp³-hybridized carbons (Fsp3) is 0.700. The van der Waals surface area contributed by atoms with Crippen LogP contribution >= 0.6 is 11.5 Å². The second-order valence-corrected chi connectivity index (χ2v) is 4.80. The van der Waals surface area contributed by atoms with Gasteiger partial charge in [-0.1, -0.05) is 0 Å². The molecule has 2 rings (SSSR count). The molecule has 0 amide bonds. The Hall–Kier alpha value is -1.17. The zero-order valence-corrected chi connectivity index (χ0v) is 10.0. The van der Waals surface area contributed by atoms with Crippen molar-refractivity contribution in [3.05, 3.63) is 5.82 Å². The van der Waals surface area contributed by atoms with E-state index in [2.05, 4.69) is 14.3 Å². The maximum atomic E-state index is 10.8. The van der Waals surface area contributed by atoms with Crippen molar-refractivity contribution in [1.29, 1.82) is 0 Å². The number of anilines is 1. The summed E-state index contributed by atoms with van der Waals surface area (Å²) in [5.74, 6) is 0.0257. The molecule has 16 heavy (non-hydrogen) atoms. The molecule has 1 aromatic rings. The summed E-state index contributed by atoms with van der Waals surface area (Å²) in [6.45, 7) is 2.75. The molecule has 0 spiro atoms. The molecule has 2 heterocycles. The van der Waals surface area contributed by atoms with Crippen LogP contribution in [0.25, 0.3) is 0 Å². The molecule has 1 fully saturated rings. The molecule has 1 saturated heterocycles. The molecule has 0 aliphatic carbocycles. The molecule has 1 aliphatic heterocycles. The van der Waals surface area contributed by atoms with E-state index in [1.165, 1.54) is 11.5 Å². The topological polar surface area (TPSA) is 66.3 Å². The van der Waals surface area contributed by atoms with Crippen molar-refractivity contribution in [3.63, 3.8) is 0 Å². The molecule has 88 valence electrons. The van der Waals surface area contributed by atoms with Gasteiger partial charge in [-0.05, 0) is 26.2 Å². The number of hydrogen-bond acceptors (Lipinski definition) is 5. The number of carbonyl (C=O) groups is 1. The molecule has 0 saturated carbocycles. The monoisotopic (exact) mass is 241 g/mol. The number of hydrogen-bond donors (Lipinski definition) is 1. The number of aryl methyl sites for hydroxylation is 1. The van der Waals surface area contributed by atoms with Crippen molar-refractivity contribution in [2.24, 2.45) is 0 Å². The van der Waals surface area contributed by atoms with Gasteiger partial charge in [0, 0.05) is 24.1 Å². The van der Waals surface area contributed by atoms with Crippen LogP contribution in [-0.4, -0.2) is 33.0 Å². The first-order valence-electron chi connectivity index (χ1n) is 5.45. The van der Waals surface area contributed by atoms with Crippen molar-refractivity contribution >= 4 is 22.6 Å². The minimum absolute atomic E-state index is 0.0820. The molecular formula is C10H15N3O2S. The minimum Gasteiger partial charge on any atom is -0.481 e. The van der Waals surface area contributed by atoms with Gasteiger partial charge in [-0.25, -0.2) is 4.98 Å².